The van der Waals surface area contributed by atoms with Gasteiger partial charge in [0.05, 0.1) is 4.90 Å². The first-order valence-electron chi connectivity index (χ1n) is 5.65. The molecule has 0 saturated carbocycles. The van der Waals surface area contributed by atoms with Gasteiger partial charge in [0.25, 0.3) is 0 Å². The fraction of sp³-hybridized carbons (Fsp3) is 0.167. The van der Waals surface area contributed by atoms with Crippen LogP contribution in [0.4, 0.5) is 5.82 Å². The third-order valence-electron chi connectivity index (χ3n) is 2.25. The van der Waals surface area contributed by atoms with Gasteiger partial charge in [0.2, 0.25) is 0 Å². The van der Waals surface area contributed by atoms with Gasteiger partial charge in [-0.3, -0.25) is 0 Å². The van der Waals surface area contributed by atoms with E-state index in [0.29, 0.717) is 5.82 Å². The van der Waals surface area contributed by atoms with E-state index in [4.69, 9.17) is 5.84 Å². The van der Waals surface area contributed by atoms with Crippen LogP contribution in [0.2, 0.25) is 0 Å². The van der Waals surface area contributed by atoms with Gasteiger partial charge in [-0.1, -0.05) is 0 Å². The number of halogens is 2. The average molecular weight is 428 g/mol. The number of hydrogen-bond donors (Lipinski definition) is 2. The zero-order chi connectivity index (χ0) is 15.9. The number of hydrogen-bond acceptors (Lipinski definition) is 7. The van der Waals surface area contributed by atoms with Crippen LogP contribution in [0.25, 0.3) is 0 Å². The fourth-order valence-corrected chi connectivity index (χ4v) is 2.32. The summed E-state index contributed by atoms with van der Waals surface area (Å²) in [6.45, 7) is 0. The molecule has 0 fully saturated rings. The van der Waals surface area contributed by atoms with Crippen LogP contribution in [0, 0.1) is 0 Å². The zero-order valence-corrected chi connectivity index (χ0v) is 15.9. The predicted octanol–water partition coefficient (Wildman–Crippen LogP) is 2.76. The van der Waals surface area contributed by atoms with Crippen molar-refractivity contribution in [3.05, 3.63) is 41.3 Å². The molecular weight excluding hydrogens is 412 g/mol. The first-order chi connectivity index (χ1) is 9.86. The van der Waals surface area contributed by atoms with Crippen LogP contribution in [0.15, 0.2) is 51.1 Å². The molecule has 10 heteroatoms. The lowest BCUT2D eigenvalue weighted by Gasteiger charge is -1.99. The van der Waals surface area contributed by atoms with Crippen LogP contribution in [0.1, 0.15) is 0 Å². The number of anilines is 1. The molecule has 0 radical (unpaired) electrons. The minimum atomic E-state index is -3.16. The molecule has 3 N–H and O–H groups in total. The highest BCUT2D eigenvalue weighted by Gasteiger charge is 2.06. The molecule has 2 aromatic rings. The van der Waals surface area contributed by atoms with Crippen molar-refractivity contribution in [2.75, 3.05) is 17.9 Å². The molecule has 0 aliphatic heterocycles. The maximum atomic E-state index is 10.9. The number of nitrogens with two attached hydrogens (primary N) is 1. The van der Waals surface area contributed by atoms with Gasteiger partial charge in [-0.15, -0.1) is 24.2 Å². The van der Waals surface area contributed by atoms with E-state index in [-0.39, 0.29) is 17.3 Å². The second-order valence-corrected chi connectivity index (χ2v) is 7.52. The van der Waals surface area contributed by atoms with Crippen LogP contribution in [0.5, 0.6) is 0 Å². The highest BCUT2D eigenvalue weighted by Crippen LogP contribution is 2.14. The normalized spacial score (nSPS) is 10.0. The Kier molecular flexibility index (Phi) is 9.61. The molecule has 0 unspecified atom stereocenters. The molecule has 0 bridgehead atoms. The Hall–Kier alpha value is -0.870. The number of nitrogen functional groups attached to an aromatic ring is 1. The Morgan fingerprint density at radius 2 is 1.86 bits per heavy atom. The highest BCUT2D eigenvalue weighted by atomic mass is 79.9. The third-order valence-corrected chi connectivity index (χ3v) is 4.53. The molecule has 0 aliphatic carbocycles. The number of aromatic nitrogens is 2. The van der Waals surface area contributed by atoms with E-state index in [1.807, 2.05) is 24.6 Å². The summed E-state index contributed by atoms with van der Waals surface area (Å²) in [5, 5.41) is 0. The molecule has 2 heterocycles. The Balaban J connectivity index is 0.000000397. The van der Waals surface area contributed by atoms with Crippen LogP contribution in [-0.4, -0.2) is 30.9 Å². The van der Waals surface area contributed by atoms with Crippen molar-refractivity contribution in [2.24, 2.45) is 5.84 Å². The molecule has 2 aromatic heterocycles. The molecular formula is C12H16BrClN4O2S2. The Morgan fingerprint density at radius 3 is 2.23 bits per heavy atom. The monoisotopic (exact) mass is 426 g/mol. The number of nitrogens with one attached hydrogen (secondary N) is 1. The van der Waals surface area contributed by atoms with E-state index in [2.05, 4.69) is 31.3 Å². The lowest BCUT2D eigenvalue weighted by molar-refractivity contribution is 0.601. The van der Waals surface area contributed by atoms with E-state index in [0.717, 1.165) is 10.9 Å². The topological polar surface area (TPSA) is 98.0 Å². The molecule has 0 aliphatic rings. The van der Waals surface area contributed by atoms with Crippen molar-refractivity contribution >= 4 is 55.8 Å². The molecule has 0 atom stereocenters. The summed E-state index contributed by atoms with van der Waals surface area (Å²) in [7, 11) is -3.16. The molecule has 122 valence electrons. The molecule has 0 aromatic carbocycles. The second-order valence-electron chi connectivity index (χ2n) is 3.82. The molecule has 0 spiro atoms. The van der Waals surface area contributed by atoms with E-state index < -0.39 is 9.84 Å². The summed E-state index contributed by atoms with van der Waals surface area (Å²) < 4.78 is 22.8. The van der Waals surface area contributed by atoms with Crippen molar-refractivity contribution in [3.63, 3.8) is 0 Å². The highest BCUT2D eigenvalue weighted by molar-refractivity contribution is 9.10. The molecule has 6 nitrogen and oxygen atoms in total. The van der Waals surface area contributed by atoms with E-state index >= 15 is 0 Å². The van der Waals surface area contributed by atoms with Crippen LogP contribution >= 0.6 is 40.1 Å². The summed E-state index contributed by atoms with van der Waals surface area (Å²) >= 11 is 4.95. The van der Waals surface area contributed by atoms with Gasteiger partial charge in [-0.2, -0.15) is 0 Å². The van der Waals surface area contributed by atoms with Crippen LogP contribution in [-0.2, 0) is 9.84 Å². The third kappa shape index (κ3) is 7.41. The minimum Gasteiger partial charge on any atom is -0.308 e. The maximum absolute atomic E-state index is 10.9. The maximum Gasteiger partial charge on any atom is 0.177 e. The van der Waals surface area contributed by atoms with Crippen LogP contribution < -0.4 is 11.3 Å². The van der Waals surface area contributed by atoms with Gasteiger partial charge in [0.1, 0.15) is 10.4 Å². The SMILES string of the molecule is CS(=O)(=O)c1ccc(NN)nc1.CSc1ccc(Br)nc1.Cl. The largest absolute Gasteiger partial charge is 0.308 e. The van der Waals surface area contributed by atoms with Crippen LogP contribution in [0.3, 0.4) is 0 Å². The number of hydrazine groups is 1. The van der Waals surface area contributed by atoms with Crippen molar-refractivity contribution in [3.8, 4) is 0 Å². The zero-order valence-electron chi connectivity index (χ0n) is 11.9. The van der Waals surface area contributed by atoms with Crippen molar-refractivity contribution in [2.45, 2.75) is 9.79 Å². The first-order valence-corrected chi connectivity index (χ1v) is 9.56. The van der Waals surface area contributed by atoms with Crippen molar-refractivity contribution < 1.29 is 8.42 Å². The lowest BCUT2D eigenvalue weighted by Crippen LogP contribution is -2.08. The minimum absolute atomic E-state index is 0. The first kappa shape index (κ1) is 21.1. The molecule has 22 heavy (non-hydrogen) atoms. The van der Waals surface area contributed by atoms with Gasteiger partial charge in [-0.05, 0) is 46.5 Å². The number of sulfone groups is 1. The Labute approximate surface area is 148 Å². The Morgan fingerprint density at radius 1 is 1.18 bits per heavy atom. The quantitative estimate of drug-likeness (QED) is 0.336. The van der Waals surface area contributed by atoms with Gasteiger partial charge >= 0.3 is 0 Å². The number of thioether (sulfide) groups is 1. The smallest absolute Gasteiger partial charge is 0.177 e. The second kappa shape index (κ2) is 10.0. The fourth-order valence-electron chi connectivity index (χ4n) is 1.17. The summed E-state index contributed by atoms with van der Waals surface area (Å²) in [6, 6.07) is 6.90. The summed E-state index contributed by atoms with van der Waals surface area (Å²) in [5.41, 5.74) is 2.30. The van der Waals surface area contributed by atoms with Crippen molar-refractivity contribution in [1.29, 1.82) is 0 Å². The standard InChI is InChI=1S/C6H6BrNS.C6H9N3O2S.ClH/c1-9-5-2-3-6(7)8-4-5;1-12(10,11)5-2-3-6(9-7)8-4-5;/h2-4H,1H3;2-4H,7H2,1H3,(H,8,9);1H. The Bertz CT molecular complexity index is 667. The predicted molar refractivity (Wildman–Crippen MR) is 96.1 cm³/mol. The molecule has 0 saturated heterocycles. The summed E-state index contributed by atoms with van der Waals surface area (Å²) in [4.78, 5) is 9.17. The summed E-state index contributed by atoms with van der Waals surface area (Å²) in [5.74, 6) is 5.48. The number of pyridine rings is 2. The van der Waals surface area contributed by atoms with E-state index in [1.54, 1.807) is 11.8 Å². The van der Waals surface area contributed by atoms with Gasteiger partial charge in [0.15, 0.2) is 9.84 Å². The lowest BCUT2D eigenvalue weighted by atomic mass is 10.5. The number of rotatable bonds is 3. The molecule has 2 rings (SSSR count). The van der Waals surface area contributed by atoms with Gasteiger partial charge in [0, 0.05) is 23.5 Å². The van der Waals surface area contributed by atoms with Gasteiger partial charge < -0.3 is 5.43 Å². The molecule has 0 amide bonds. The summed E-state index contributed by atoms with van der Waals surface area (Å²) in [6.07, 6.45) is 6.25. The van der Waals surface area contributed by atoms with Gasteiger partial charge in [-0.25, -0.2) is 24.2 Å². The van der Waals surface area contributed by atoms with E-state index in [1.165, 1.54) is 23.2 Å². The number of nitrogens with zero attached hydrogens (tertiary/aromatic N) is 2. The van der Waals surface area contributed by atoms with E-state index in [9.17, 15) is 8.42 Å². The van der Waals surface area contributed by atoms with Crippen molar-refractivity contribution in [1.82, 2.24) is 9.97 Å². The average Bonchev–Trinajstić information content (AvgIpc) is 2.48.